The van der Waals surface area contributed by atoms with Crippen LogP contribution in [0.2, 0.25) is 0 Å². The molecule has 7 nitrogen and oxygen atoms in total. The second-order valence-corrected chi connectivity index (χ2v) is 9.40. The average Bonchev–Trinajstić information content (AvgIpc) is 3.22. The summed E-state index contributed by atoms with van der Waals surface area (Å²) < 4.78 is 33.7. The van der Waals surface area contributed by atoms with Gasteiger partial charge in [0.15, 0.2) is 0 Å². The third-order valence-electron chi connectivity index (χ3n) is 6.91. The molecule has 1 saturated carbocycles. The molecule has 0 saturated heterocycles. The Morgan fingerprint density at radius 3 is 2.11 bits per heavy atom. The quantitative estimate of drug-likeness (QED) is 0.499. The number of hydrogen-bond acceptors (Lipinski definition) is 4. The number of hydrogen-bond donors (Lipinski definition) is 3. The van der Waals surface area contributed by atoms with Gasteiger partial charge in [0, 0.05) is 19.0 Å². The van der Waals surface area contributed by atoms with E-state index in [0.29, 0.717) is 0 Å². The van der Waals surface area contributed by atoms with E-state index in [4.69, 9.17) is 4.74 Å². The first-order chi connectivity index (χ1) is 16.6. The van der Waals surface area contributed by atoms with E-state index in [9.17, 15) is 28.3 Å². The zero-order chi connectivity index (χ0) is 25.3. The molecule has 0 aliphatic heterocycles. The van der Waals surface area contributed by atoms with Gasteiger partial charge in [-0.15, -0.1) is 0 Å². The van der Waals surface area contributed by atoms with Gasteiger partial charge in [-0.05, 0) is 28.2 Å². The van der Waals surface area contributed by atoms with Gasteiger partial charge in [-0.1, -0.05) is 62.4 Å². The topological polar surface area (TPSA) is 105 Å². The number of amides is 2. The molecule has 3 N–H and O–H groups in total. The Kier molecular flexibility index (Phi) is 6.78. The van der Waals surface area contributed by atoms with Crippen LogP contribution in [0.15, 0.2) is 48.5 Å². The summed E-state index contributed by atoms with van der Waals surface area (Å²) in [5.41, 5.74) is 4.22. The van der Waals surface area contributed by atoms with Gasteiger partial charge in [-0.3, -0.25) is 9.59 Å². The second kappa shape index (κ2) is 9.64. The van der Waals surface area contributed by atoms with Gasteiger partial charge < -0.3 is 20.5 Å². The van der Waals surface area contributed by atoms with E-state index < -0.39 is 48.2 Å². The van der Waals surface area contributed by atoms with Crippen molar-refractivity contribution in [2.24, 2.45) is 23.7 Å². The number of carboxylic acid groups (broad SMARTS) is 1. The van der Waals surface area contributed by atoms with E-state index in [-0.39, 0.29) is 25.0 Å². The number of carboxylic acids is 1. The van der Waals surface area contributed by atoms with Crippen LogP contribution in [0.3, 0.4) is 0 Å². The highest BCUT2D eigenvalue weighted by Gasteiger charge is 2.71. The van der Waals surface area contributed by atoms with Crippen molar-refractivity contribution in [3.05, 3.63) is 59.7 Å². The Labute approximate surface area is 201 Å². The van der Waals surface area contributed by atoms with Crippen LogP contribution in [0.4, 0.5) is 13.6 Å². The molecule has 2 aromatic carbocycles. The van der Waals surface area contributed by atoms with Gasteiger partial charge in [0.1, 0.15) is 12.5 Å². The maximum absolute atomic E-state index is 14.2. The molecule has 2 amide bonds. The average molecular weight is 487 g/mol. The SMILES string of the molecule is CC(C)C(CNC(=O)C1C(CNC(=O)OCC2c3ccccc3-c3ccccc32)C1(F)F)C(=O)O. The van der Waals surface area contributed by atoms with Crippen molar-refractivity contribution in [2.75, 3.05) is 19.7 Å². The number of alkyl carbamates (subject to hydrolysis) is 1. The van der Waals surface area contributed by atoms with Gasteiger partial charge in [-0.25, -0.2) is 13.6 Å². The molecule has 0 bridgehead atoms. The van der Waals surface area contributed by atoms with E-state index in [1.165, 1.54) is 0 Å². The zero-order valence-electron chi connectivity index (χ0n) is 19.5. The van der Waals surface area contributed by atoms with Crippen molar-refractivity contribution in [2.45, 2.75) is 25.7 Å². The van der Waals surface area contributed by atoms with Crippen molar-refractivity contribution in [3.8, 4) is 11.1 Å². The van der Waals surface area contributed by atoms with Gasteiger partial charge in [0.2, 0.25) is 5.91 Å². The van der Waals surface area contributed by atoms with Crippen molar-refractivity contribution >= 4 is 18.0 Å². The maximum atomic E-state index is 14.2. The first kappa shape index (κ1) is 24.6. The van der Waals surface area contributed by atoms with E-state index in [1.807, 2.05) is 48.5 Å². The van der Waals surface area contributed by atoms with Crippen LogP contribution in [0.25, 0.3) is 11.1 Å². The zero-order valence-corrected chi connectivity index (χ0v) is 19.5. The molecule has 3 atom stereocenters. The second-order valence-electron chi connectivity index (χ2n) is 9.40. The maximum Gasteiger partial charge on any atom is 0.407 e. The lowest BCUT2D eigenvalue weighted by Gasteiger charge is -2.16. The van der Waals surface area contributed by atoms with Crippen LogP contribution >= 0.6 is 0 Å². The Morgan fingerprint density at radius 1 is 1.00 bits per heavy atom. The molecule has 0 spiro atoms. The lowest BCUT2D eigenvalue weighted by Crippen LogP contribution is -2.37. The Balaban J connectivity index is 1.29. The van der Waals surface area contributed by atoms with Crippen LogP contribution in [-0.2, 0) is 14.3 Å². The molecule has 0 heterocycles. The predicted molar refractivity (Wildman–Crippen MR) is 124 cm³/mol. The van der Waals surface area contributed by atoms with Crippen LogP contribution in [0.5, 0.6) is 0 Å². The molecule has 4 rings (SSSR count). The van der Waals surface area contributed by atoms with E-state index >= 15 is 0 Å². The fraction of sp³-hybridized carbons (Fsp3) is 0.423. The number of ether oxygens (including phenoxy) is 1. The summed E-state index contributed by atoms with van der Waals surface area (Å²) in [6.07, 6.45) is -0.834. The number of fused-ring (bicyclic) bond motifs is 3. The minimum Gasteiger partial charge on any atom is -0.481 e. The number of nitrogens with one attached hydrogen (secondary N) is 2. The number of benzene rings is 2. The Bertz CT molecular complexity index is 1090. The van der Waals surface area contributed by atoms with Crippen molar-refractivity contribution in [1.29, 1.82) is 0 Å². The summed E-state index contributed by atoms with van der Waals surface area (Å²) in [6.45, 7) is 2.76. The highest BCUT2D eigenvalue weighted by atomic mass is 19.3. The van der Waals surface area contributed by atoms with Crippen molar-refractivity contribution in [3.63, 3.8) is 0 Å². The van der Waals surface area contributed by atoms with E-state index in [1.54, 1.807) is 13.8 Å². The Hall–Kier alpha value is -3.49. The van der Waals surface area contributed by atoms with Crippen molar-refractivity contribution in [1.82, 2.24) is 10.6 Å². The third kappa shape index (κ3) is 4.85. The number of rotatable bonds is 9. The first-order valence-electron chi connectivity index (χ1n) is 11.6. The van der Waals surface area contributed by atoms with Gasteiger partial charge >= 0.3 is 12.1 Å². The smallest absolute Gasteiger partial charge is 0.407 e. The molecule has 3 unspecified atom stereocenters. The van der Waals surface area contributed by atoms with Crippen LogP contribution in [0.1, 0.15) is 30.9 Å². The lowest BCUT2D eigenvalue weighted by molar-refractivity contribution is -0.143. The highest BCUT2D eigenvalue weighted by Crippen LogP contribution is 2.55. The first-order valence-corrected chi connectivity index (χ1v) is 11.6. The van der Waals surface area contributed by atoms with Gasteiger partial charge in [-0.2, -0.15) is 0 Å². The highest BCUT2D eigenvalue weighted by molar-refractivity contribution is 5.84. The molecule has 2 aliphatic rings. The fourth-order valence-corrected chi connectivity index (χ4v) is 4.77. The van der Waals surface area contributed by atoms with Gasteiger partial charge in [0.05, 0.1) is 11.8 Å². The molecule has 186 valence electrons. The fourth-order valence-electron chi connectivity index (χ4n) is 4.77. The molecule has 2 aromatic rings. The normalized spacial score (nSPS) is 20.5. The summed E-state index contributed by atoms with van der Waals surface area (Å²) in [4.78, 5) is 35.7. The lowest BCUT2D eigenvalue weighted by atomic mass is 9.96. The number of carbonyl (C=O) groups excluding carboxylic acids is 2. The van der Waals surface area contributed by atoms with Crippen LogP contribution < -0.4 is 10.6 Å². The standard InChI is InChI=1S/C26H28F2N2O5/c1-14(2)19(24(32)33)11-29-23(31)22-21(26(22,27)28)12-30-25(34)35-13-20-17-9-5-3-7-15(17)16-8-4-6-10-18(16)20/h3-10,14,19-22H,11-13H2,1-2H3,(H,29,31)(H,30,34)(H,32,33). The third-order valence-corrected chi connectivity index (χ3v) is 6.91. The molecule has 0 radical (unpaired) electrons. The number of halogens is 2. The monoisotopic (exact) mass is 486 g/mol. The largest absolute Gasteiger partial charge is 0.481 e. The molecule has 35 heavy (non-hydrogen) atoms. The van der Waals surface area contributed by atoms with Crippen LogP contribution in [-0.4, -0.2) is 48.7 Å². The predicted octanol–water partition coefficient (Wildman–Crippen LogP) is 3.88. The summed E-state index contributed by atoms with van der Waals surface area (Å²) >= 11 is 0. The van der Waals surface area contributed by atoms with Crippen molar-refractivity contribution < 1.29 is 33.0 Å². The summed E-state index contributed by atoms with van der Waals surface area (Å²) in [5, 5.41) is 13.8. The summed E-state index contributed by atoms with van der Waals surface area (Å²) in [7, 11) is 0. The van der Waals surface area contributed by atoms with E-state index in [2.05, 4.69) is 10.6 Å². The minimum atomic E-state index is -3.28. The molecule has 2 aliphatic carbocycles. The molecule has 9 heteroatoms. The number of alkyl halides is 2. The molecular formula is C26H28F2N2O5. The molecule has 0 aromatic heterocycles. The van der Waals surface area contributed by atoms with E-state index in [0.717, 1.165) is 22.3 Å². The Morgan fingerprint density at radius 2 is 1.57 bits per heavy atom. The molecule has 1 fully saturated rings. The number of carbonyl (C=O) groups is 3. The minimum absolute atomic E-state index is 0.0522. The summed E-state index contributed by atoms with van der Waals surface area (Å²) in [6, 6.07) is 15.7. The molecular weight excluding hydrogens is 458 g/mol. The van der Waals surface area contributed by atoms with Crippen LogP contribution in [0, 0.1) is 23.7 Å². The number of aliphatic carboxylic acids is 1. The summed E-state index contributed by atoms with van der Waals surface area (Å²) in [5.74, 6) is -9.57. The van der Waals surface area contributed by atoms with Gasteiger partial charge in [0.25, 0.3) is 5.92 Å².